The number of aromatic nitrogens is 2. The Morgan fingerprint density at radius 1 is 1.12 bits per heavy atom. The van der Waals surface area contributed by atoms with Crippen molar-refractivity contribution in [2.45, 2.75) is 24.9 Å². The molecule has 10 nitrogen and oxygen atoms in total. The van der Waals surface area contributed by atoms with E-state index in [9.17, 15) is 23.5 Å². The standard InChI is InChI=1S/C27H27F2N7O3S/c1-33-26(39)22-24(38)23(37)18(25(31)40-20(30)13-16-6-7-17(28)14-19(16)29)15-36(22)34(2)27(33)8-11-35(12-9-27)21-5-3-4-10-32-21/h3-7,10,14-15,30-31,38H,8-9,11-13H2,1-2H3. The highest BCUT2D eigenvalue weighted by molar-refractivity contribution is 8.26. The van der Waals surface area contributed by atoms with Crippen molar-refractivity contribution in [2.24, 2.45) is 0 Å². The van der Waals surface area contributed by atoms with E-state index in [0.717, 1.165) is 11.9 Å². The number of rotatable bonds is 4. The summed E-state index contributed by atoms with van der Waals surface area (Å²) in [5.41, 5.74) is -2.03. The monoisotopic (exact) mass is 567 g/mol. The molecule has 1 amide bonds. The van der Waals surface area contributed by atoms with Gasteiger partial charge in [0.2, 0.25) is 5.43 Å². The van der Waals surface area contributed by atoms with Crippen molar-refractivity contribution in [3.05, 3.63) is 87.5 Å². The third kappa shape index (κ3) is 4.59. The van der Waals surface area contributed by atoms with Gasteiger partial charge in [0.05, 0.1) is 10.6 Å². The number of nitrogens with zero attached hydrogens (tertiary/aromatic N) is 5. The van der Waals surface area contributed by atoms with Gasteiger partial charge in [0.15, 0.2) is 11.4 Å². The number of benzene rings is 1. The average Bonchev–Trinajstić information content (AvgIpc) is 2.94. The smallest absolute Gasteiger partial charge is 0.278 e. The number of hydrogen-bond donors (Lipinski definition) is 3. The lowest BCUT2D eigenvalue weighted by Gasteiger charge is -2.56. The molecule has 1 spiro atoms. The molecule has 0 bridgehead atoms. The van der Waals surface area contributed by atoms with Gasteiger partial charge in [-0.25, -0.2) is 13.8 Å². The van der Waals surface area contributed by atoms with Crippen LogP contribution in [0, 0.1) is 22.5 Å². The van der Waals surface area contributed by atoms with Crippen LogP contribution in [0.4, 0.5) is 14.6 Å². The molecule has 0 atom stereocenters. The number of fused-ring (bicyclic) bond motifs is 1. The van der Waals surface area contributed by atoms with Crippen LogP contribution in [0.15, 0.2) is 53.6 Å². The fraction of sp³-hybridized carbons (Fsp3) is 0.296. The van der Waals surface area contributed by atoms with Crippen molar-refractivity contribution in [2.75, 3.05) is 37.1 Å². The minimum absolute atomic E-state index is 0.0732. The molecule has 2 aromatic heterocycles. The van der Waals surface area contributed by atoms with Gasteiger partial charge in [-0.2, -0.15) is 0 Å². The van der Waals surface area contributed by atoms with Crippen LogP contribution < -0.4 is 15.3 Å². The Bertz CT molecular complexity index is 1570. The molecule has 5 rings (SSSR count). The lowest BCUT2D eigenvalue weighted by molar-refractivity contribution is 0.0294. The number of anilines is 1. The van der Waals surface area contributed by atoms with Crippen LogP contribution in [0.25, 0.3) is 0 Å². The summed E-state index contributed by atoms with van der Waals surface area (Å²) < 4.78 is 28.7. The molecule has 13 heteroatoms. The predicted molar refractivity (Wildman–Crippen MR) is 149 cm³/mol. The van der Waals surface area contributed by atoms with Crippen LogP contribution in [0.1, 0.15) is 34.5 Å². The molecule has 3 aromatic rings. The van der Waals surface area contributed by atoms with E-state index in [1.54, 1.807) is 30.2 Å². The van der Waals surface area contributed by atoms with Crippen LogP contribution in [0.5, 0.6) is 5.75 Å². The molecule has 40 heavy (non-hydrogen) atoms. The predicted octanol–water partition coefficient (Wildman–Crippen LogP) is 3.16. The number of amides is 1. The summed E-state index contributed by atoms with van der Waals surface area (Å²) in [6.45, 7) is 1.21. The number of carbonyl (C=O) groups excluding carboxylic acids is 1. The highest BCUT2D eigenvalue weighted by Gasteiger charge is 2.50. The van der Waals surface area contributed by atoms with Crippen molar-refractivity contribution in [3.8, 4) is 5.75 Å². The van der Waals surface area contributed by atoms with Gasteiger partial charge in [0.1, 0.15) is 28.2 Å². The number of aromatic hydroxyl groups is 1. The van der Waals surface area contributed by atoms with Crippen LogP contribution in [-0.4, -0.2) is 68.5 Å². The third-order valence-electron chi connectivity index (χ3n) is 7.60. The van der Waals surface area contributed by atoms with E-state index in [1.807, 2.05) is 18.2 Å². The first-order valence-electron chi connectivity index (χ1n) is 12.5. The Morgan fingerprint density at radius 3 is 2.50 bits per heavy atom. The fourth-order valence-electron chi connectivity index (χ4n) is 5.30. The summed E-state index contributed by atoms with van der Waals surface area (Å²) in [4.78, 5) is 34.6. The van der Waals surface area contributed by atoms with Crippen LogP contribution in [0.2, 0.25) is 0 Å². The van der Waals surface area contributed by atoms with Crippen molar-refractivity contribution < 1.29 is 18.7 Å². The summed E-state index contributed by atoms with van der Waals surface area (Å²) in [6, 6.07) is 8.69. The first-order valence-corrected chi connectivity index (χ1v) is 13.3. The second kappa shape index (κ2) is 10.4. The van der Waals surface area contributed by atoms with E-state index in [0.29, 0.717) is 43.8 Å². The number of piperidine rings is 1. The van der Waals surface area contributed by atoms with Gasteiger partial charge in [-0.3, -0.25) is 30.1 Å². The number of hydrogen-bond acceptors (Lipinski definition) is 9. The molecule has 3 N–H and O–H groups in total. The highest BCUT2D eigenvalue weighted by atomic mass is 32.2. The molecule has 1 aromatic carbocycles. The Labute approximate surface area is 232 Å². The zero-order valence-electron chi connectivity index (χ0n) is 21.8. The Kier molecular flexibility index (Phi) is 7.08. The summed E-state index contributed by atoms with van der Waals surface area (Å²) >= 11 is 0.616. The van der Waals surface area contributed by atoms with Crippen molar-refractivity contribution in [1.29, 1.82) is 10.8 Å². The van der Waals surface area contributed by atoms with Crippen LogP contribution >= 0.6 is 11.8 Å². The lowest BCUT2D eigenvalue weighted by atomic mass is 9.92. The molecule has 208 valence electrons. The first-order chi connectivity index (χ1) is 19.0. The zero-order chi connectivity index (χ0) is 28.8. The Hall–Kier alpha value is -4.26. The minimum atomic E-state index is -0.916. The van der Waals surface area contributed by atoms with Gasteiger partial charge in [-0.05, 0) is 23.8 Å². The molecule has 4 heterocycles. The highest BCUT2D eigenvalue weighted by Crippen LogP contribution is 2.37. The van der Waals surface area contributed by atoms with Crippen molar-refractivity contribution >= 4 is 33.6 Å². The maximum Gasteiger partial charge on any atom is 0.278 e. The summed E-state index contributed by atoms with van der Waals surface area (Å²) in [5, 5.41) is 28.8. The second-order valence-corrected chi connectivity index (χ2v) is 10.8. The number of nitrogens with one attached hydrogen (secondary N) is 2. The molecule has 0 aliphatic carbocycles. The maximum atomic E-state index is 14.0. The quantitative estimate of drug-likeness (QED) is 0.326. The molecule has 0 saturated carbocycles. The van der Waals surface area contributed by atoms with Gasteiger partial charge >= 0.3 is 0 Å². The first kappa shape index (κ1) is 27.3. The van der Waals surface area contributed by atoms with Crippen molar-refractivity contribution in [1.82, 2.24) is 14.6 Å². The van der Waals surface area contributed by atoms with Gasteiger partial charge in [-0.15, -0.1) is 0 Å². The molecule has 1 saturated heterocycles. The SMILES string of the molecule is CN1C(=O)c2c(O)c(=O)c(C(=N)SC(=N)Cc3ccc(F)cc3F)cn2N(C)C12CCN(c1ccccn1)CC2. The molecule has 1 fully saturated rings. The molecular weight excluding hydrogens is 540 g/mol. The van der Waals surface area contributed by atoms with Gasteiger partial charge < -0.3 is 14.9 Å². The fourth-order valence-corrected chi connectivity index (χ4v) is 6.03. The molecular formula is C27H27F2N7O3S. The van der Waals surface area contributed by atoms with Crippen LogP contribution in [-0.2, 0) is 6.42 Å². The molecule has 2 aliphatic heterocycles. The Morgan fingerprint density at radius 2 is 1.85 bits per heavy atom. The number of thioether (sulfide) groups is 1. The van der Waals surface area contributed by atoms with E-state index in [2.05, 4.69) is 9.88 Å². The number of carbonyl (C=O) groups is 1. The molecule has 2 aliphatic rings. The lowest BCUT2D eigenvalue weighted by Crippen LogP contribution is -2.71. The topological polar surface area (TPSA) is 130 Å². The van der Waals surface area contributed by atoms with Gasteiger partial charge in [-0.1, -0.05) is 23.9 Å². The normalized spacial score (nSPS) is 16.3. The molecule has 0 radical (unpaired) electrons. The van der Waals surface area contributed by atoms with E-state index in [-0.39, 0.29) is 33.3 Å². The largest absolute Gasteiger partial charge is 0.502 e. The summed E-state index contributed by atoms with van der Waals surface area (Å²) in [6.07, 6.45) is 3.93. The second-order valence-electron chi connectivity index (χ2n) is 9.73. The summed E-state index contributed by atoms with van der Waals surface area (Å²) in [5.74, 6) is -2.03. The minimum Gasteiger partial charge on any atom is -0.502 e. The van der Waals surface area contributed by atoms with Crippen molar-refractivity contribution in [3.63, 3.8) is 0 Å². The van der Waals surface area contributed by atoms with E-state index >= 15 is 0 Å². The van der Waals surface area contributed by atoms with E-state index in [1.165, 1.54) is 16.9 Å². The molecule has 0 unspecified atom stereocenters. The van der Waals surface area contributed by atoms with E-state index in [4.69, 9.17) is 10.8 Å². The maximum absolute atomic E-state index is 14.0. The number of halogens is 2. The third-order valence-corrected chi connectivity index (χ3v) is 8.41. The Balaban J connectivity index is 1.42. The van der Waals surface area contributed by atoms with Gasteiger partial charge in [0, 0.05) is 64.9 Å². The van der Waals surface area contributed by atoms with Crippen LogP contribution in [0.3, 0.4) is 0 Å². The summed E-state index contributed by atoms with van der Waals surface area (Å²) in [7, 11) is 3.40. The van der Waals surface area contributed by atoms with E-state index < -0.39 is 34.4 Å². The van der Waals surface area contributed by atoms with Gasteiger partial charge in [0.25, 0.3) is 5.91 Å². The average molecular weight is 568 g/mol. The number of pyridine rings is 2. The zero-order valence-corrected chi connectivity index (χ0v) is 22.6.